The Balaban J connectivity index is 1.43. The zero-order chi connectivity index (χ0) is 27.4. The first kappa shape index (κ1) is 24.8. The molecule has 2 saturated heterocycles. The molecule has 6 heterocycles. The number of hydrogen-bond donors (Lipinski definition) is 3. The minimum Gasteiger partial charge on any atom is -0.458 e. The van der Waals surface area contributed by atoms with Gasteiger partial charge in [-0.15, -0.1) is 0 Å². The molecule has 5 aliphatic rings. The van der Waals surface area contributed by atoms with Gasteiger partial charge in [0.15, 0.2) is 5.60 Å². The molecule has 9 nitrogen and oxygen atoms in total. The standard InChI is InChI=1S/C29H30FN3O6/c1-3-29(38)20-6-23-25-18(10-33(23)27(36)19(20)12-39-28(29)37)17(15-4-13(2)21(30)7-22(15)31-25)9-32-8-14-5-16(26(14)35)24(32)11-34/h4,6-7,14,16,24,26,34-35,38H,3,5,8-12H2,1-2H3/t14?,16?,24?,26?,29-/m0/s1. The van der Waals surface area contributed by atoms with Gasteiger partial charge < -0.3 is 24.6 Å². The van der Waals surface area contributed by atoms with E-state index in [1.807, 2.05) is 0 Å². The summed E-state index contributed by atoms with van der Waals surface area (Å²) in [5.41, 5.74) is 1.80. The van der Waals surface area contributed by atoms with E-state index in [-0.39, 0.29) is 66.6 Å². The molecule has 2 bridgehead atoms. The van der Waals surface area contributed by atoms with Crippen molar-refractivity contribution in [1.29, 1.82) is 0 Å². The fourth-order valence-corrected chi connectivity index (χ4v) is 7.16. The largest absolute Gasteiger partial charge is 0.458 e. The lowest BCUT2D eigenvalue weighted by Gasteiger charge is -2.56. The summed E-state index contributed by atoms with van der Waals surface area (Å²) in [6.45, 7) is 4.37. The number of aromatic nitrogens is 2. The van der Waals surface area contributed by atoms with Crippen LogP contribution >= 0.6 is 0 Å². The molecule has 0 radical (unpaired) electrons. The lowest BCUT2D eigenvalue weighted by atomic mass is 9.64. The third kappa shape index (κ3) is 3.29. The van der Waals surface area contributed by atoms with Crippen molar-refractivity contribution in [2.75, 3.05) is 13.2 Å². The average Bonchev–Trinajstić information content (AvgIpc) is 3.30. The number of rotatable bonds is 4. The van der Waals surface area contributed by atoms with Crippen molar-refractivity contribution in [2.24, 2.45) is 11.8 Å². The minimum absolute atomic E-state index is 0.00452. The molecule has 3 fully saturated rings. The maximum Gasteiger partial charge on any atom is 0.343 e. The quantitative estimate of drug-likeness (QED) is 0.338. The van der Waals surface area contributed by atoms with Gasteiger partial charge in [0.05, 0.1) is 41.7 Å². The molecule has 0 spiro atoms. The van der Waals surface area contributed by atoms with Crippen LogP contribution in [0.3, 0.4) is 0 Å². The summed E-state index contributed by atoms with van der Waals surface area (Å²) >= 11 is 0. The zero-order valence-corrected chi connectivity index (χ0v) is 21.8. The molecule has 4 aliphatic heterocycles. The van der Waals surface area contributed by atoms with Gasteiger partial charge in [0.2, 0.25) is 0 Å². The number of nitrogens with zero attached hydrogens (tertiary/aromatic N) is 3. The highest BCUT2D eigenvalue weighted by Crippen LogP contribution is 2.46. The first-order valence-corrected chi connectivity index (χ1v) is 13.5. The van der Waals surface area contributed by atoms with Crippen LogP contribution in [-0.4, -0.2) is 61.0 Å². The lowest BCUT2D eigenvalue weighted by molar-refractivity contribution is -0.172. The fraction of sp³-hybridized carbons (Fsp3) is 0.483. The first-order valence-electron chi connectivity index (χ1n) is 13.5. The van der Waals surface area contributed by atoms with Gasteiger partial charge in [0.25, 0.3) is 5.56 Å². The van der Waals surface area contributed by atoms with Gasteiger partial charge in [0, 0.05) is 47.6 Å². The smallest absolute Gasteiger partial charge is 0.343 e. The van der Waals surface area contributed by atoms with Crippen LogP contribution in [-0.2, 0) is 34.8 Å². The topological polar surface area (TPSA) is 125 Å². The summed E-state index contributed by atoms with van der Waals surface area (Å²) in [7, 11) is 0. The number of hydrogen-bond acceptors (Lipinski definition) is 8. The normalized spacial score (nSPS) is 29.0. The van der Waals surface area contributed by atoms with Crippen molar-refractivity contribution < 1.29 is 29.2 Å². The number of aryl methyl sites for hydroxylation is 1. The molecule has 0 amide bonds. The van der Waals surface area contributed by atoms with Crippen LogP contribution in [0.4, 0.5) is 4.39 Å². The number of piperidine rings is 2. The molecule has 1 saturated carbocycles. The number of fused-ring (bicyclic) bond motifs is 7. The molecule has 1 aliphatic carbocycles. The van der Waals surface area contributed by atoms with E-state index in [1.165, 1.54) is 6.07 Å². The second-order valence-corrected chi connectivity index (χ2v) is 11.5. The number of halogens is 1. The van der Waals surface area contributed by atoms with E-state index in [9.17, 15) is 29.3 Å². The van der Waals surface area contributed by atoms with Gasteiger partial charge in [-0.3, -0.25) is 9.69 Å². The van der Waals surface area contributed by atoms with Crippen LogP contribution in [0.2, 0.25) is 0 Å². The Morgan fingerprint density at radius 1 is 1.23 bits per heavy atom. The van der Waals surface area contributed by atoms with Gasteiger partial charge in [0.1, 0.15) is 12.4 Å². The molecule has 3 aromatic rings. The maximum absolute atomic E-state index is 14.7. The molecule has 4 unspecified atom stereocenters. The van der Waals surface area contributed by atoms with Crippen molar-refractivity contribution in [1.82, 2.24) is 14.5 Å². The number of ether oxygens (including phenoxy) is 1. The van der Waals surface area contributed by atoms with Crippen molar-refractivity contribution >= 4 is 16.9 Å². The van der Waals surface area contributed by atoms with E-state index in [1.54, 1.807) is 30.5 Å². The third-order valence-corrected chi connectivity index (χ3v) is 9.56. The third-order valence-electron chi connectivity index (χ3n) is 9.56. The van der Waals surface area contributed by atoms with Crippen LogP contribution in [0.1, 0.15) is 47.6 Å². The number of aliphatic hydroxyl groups excluding tert-OH is 2. The van der Waals surface area contributed by atoms with Gasteiger partial charge in [-0.2, -0.15) is 0 Å². The van der Waals surface area contributed by atoms with Crippen molar-refractivity contribution in [3.05, 3.63) is 62.2 Å². The lowest BCUT2D eigenvalue weighted by Crippen LogP contribution is -2.64. The average molecular weight is 536 g/mol. The molecule has 2 aromatic heterocycles. The predicted molar refractivity (Wildman–Crippen MR) is 138 cm³/mol. The summed E-state index contributed by atoms with van der Waals surface area (Å²) in [5.74, 6) is -1.02. The van der Waals surface area contributed by atoms with Crippen molar-refractivity contribution in [3.8, 4) is 11.4 Å². The SMILES string of the molecule is CC[C@@]1(O)C(=O)OCc2c1cc1n(c2=O)Cc2c-1nc1cc(F)c(C)cc1c2CN1CC2CC(C2O)C1CO. The van der Waals surface area contributed by atoms with E-state index in [0.717, 1.165) is 22.9 Å². The van der Waals surface area contributed by atoms with Crippen molar-refractivity contribution in [3.63, 3.8) is 0 Å². The second kappa shape index (κ2) is 8.41. The van der Waals surface area contributed by atoms with Gasteiger partial charge >= 0.3 is 5.97 Å². The predicted octanol–water partition coefficient (Wildman–Crippen LogP) is 1.70. The van der Waals surface area contributed by atoms with Gasteiger partial charge in [-0.05, 0) is 48.9 Å². The van der Waals surface area contributed by atoms with Crippen LogP contribution in [0.25, 0.3) is 22.3 Å². The summed E-state index contributed by atoms with van der Waals surface area (Å²) < 4.78 is 21.5. The number of carbonyl (C=O) groups is 1. The second-order valence-electron chi connectivity index (χ2n) is 11.5. The summed E-state index contributed by atoms with van der Waals surface area (Å²) in [6.07, 6.45) is 0.517. The number of carbonyl (C=O) groups excluding carboxylic acids is 1. The number of aliphatic hydroxyl groups is 3. The van der Waals surface area contributed by atoms with E-state index in [2.05, 4.69) is 4.90 Å². The molecule has 1 aromatic carbocycles. The monoisotopic (exact) mass is 535 g/mol. The maximum atomic E-state index is 14.7. The Hall–Kier alpha value is -3.18. The Kier molecular flexibility index (Phi) is 5.35. The van der Waals surface area contributed by atoms with Crippen LogP contribution in [0, 0.1) is 24.6 Å². The Morgan fingerprint density at radius 2 is 2.03 bits per heavy atom. The Bertz CT molecular complexity index is 1640. The summed E-state index contributed by atoms with van der Waals surface area (Å²) in [6, 6.07) is 4.63. The highest BCUT2D eigenvalue weighted by Gasteiger charge is 2.51. The number of pyridine rings is 2. The summed E-state index contributed by atoms with van der Waals surface area (Å²) in [5, 5.41) is 32.6. The molecular weight excluding hydrogens is 505 g/mol. The minimum atomic E-state index is -1.93. The first-order chi connectivity index (χ1) is 18.7. The van der Waals surface area contributed by atoms with Crippen LogP contribution in [0.5, 0.6) is 0 Å². The van der Waals surface area contributed by atoms with Gasteiger partial charge in [-0.1, -0.05) is 6.92 Å². The highest BCUT2D eigenvalue weighted by atomic mass is 19.1. The molecule has 39 heavy (non-hydrogen) atoms. The van der Waals surface area contributed by atoms with E-state index >= 15 is 0 Å². The number of esters is 1. The van der Waals surface area contributed by atoms with E-state index < -0.39 is 17.7 Å². The van der Waals surface area contributed by atoms with Gasteiger partial charge in [-0.25, -0.2) is 14.2 Å². The number of cyclic esters (lactones) is 1. The van der Waals surface area contributed by atoms with Crippen LogP contribution in [0.15, 0.2) is 23.0 Å². The van der Waals surface area contributed by atoms with Crippen molar-refractivity contribution in [2.45, 2.75) is 64.1 Å². The Labute approximate surface area is 223 Å². The van der Waals surface area contributed by atoms with E-state index in [4.69, 9.17) is 9.72 Å². The molecule has 8 rings (SSSR count). The molecule has 10 heteroatoms. The van der Waals surface area contributed by atoms with E-state index in [0.29, 0.717) is 35.6 Å². The summed E-state index contributed by atoms with van der Waals surface area (Å²) in [4.78, 5) is 33.2. The zero-order valence-electron chi connectivity index (χ0n) is 21.8. The molecule has 204 valence electrons. The van der Waals surface area contributed by atoms with Crippen LogP contribution < -0.4 is 5.56 Å². The molecule has 3 N–H and O–H groups in total. The molecule has 5 atom stereocenters. The molecular formula is C29H30FN3O6. The highest BCUT2D eigenvalue weighted by molar-refractivity contribution is 5.89. The Morgan fingerprint density at radius 3 is 2.74 bits per heavy atom. The fourth-order valence-electron chi connectivity index (χ4n) is 7.16. The number of benzene rings is 1.